The lowest BCUT2D eigenvalue weighted by Gasteiger charge is -2.11. The smallest absolute Gasteiger partial charge is 0.243 e. The molecule has 0 spiro atoms. The molecular formula is C10H13FN2O2S. The normalized spacial score (nSPS) is 13.4. The summed E-state index contributed by atoms with van der Waals surface area (Å²) in [4.78, 5) is -0.136. The Balaban J connectivity index is 3.12. The first-order valence-corrected chi connectivity index (χ1v) is 6.05. The minimum atomic E-state index is -3.73. The molecule has 0 aliphatic carbocycles. The quantitative estimate of drug-likeness (QED) is 0.618. The Hall–Kier alpha value is -1.40. The predicted octanol–water partition coefficient (Wildman–Crippen LogP) is 1.26. The Bertz CT molecular complexity index is 500. The molecule has 0 radical (unpaired) electrons. The summed E-state index contributed by atoms with van der Waals surface area (Å²) in [6.07, 6.45) is 1.44. The van der Waals surface area contributed by atoms with Gasteiger partial charge in [-0.1, -0.05) is 6.08 Å². The molecule has 4 nitrogen and oxygen atoms in total. The summed E-state index contributed by atoms with van der Waals surface area (Å²) in [7, 11) is -3.73. The zero-order valence-corrected chi connectivity index (χ0v) is 9.59. The minimum absolute atomic E-state index is 0.122. The lowest BCUT2D eigenvalue weighted by atomic mass is 10.3. The molecule has 1 atom stereocenters. The average Bonchev–Trinajstić information content (AvgIpc) is 2.16. The van der Waals surface area contributed by atoms with Gasteiger partial charge in [0, 0.05) is 6.04 Å². The van der Waals surface area contributed by atoms with Crippen molar-refractivity contribution in [3.8, 4) is 0 Å². The molecule has 1 rings (SSSR count). The van der Waals surface area contributed by atoms with Crippen LogP contribution in [0.15, 0.2) is 35.7 Å². The van der Waals surface area contributed by atoms with E-state index < -0.39 is 21.9 Å². The van der Waals surface area contributed by atoms with Gasteiger partial charge >= 0.3 is 0 Å². The number of hydrogen-bond donors (Lipinski definition) is 2. The van der Waals surface area contributed by atoms with Crippen molar-refractivity contribution in [3.05, 3.63) is 36.7 Å². The molecule has 0 fully saturated rings. The van der Waals surface area contributed by atoms with Crippen LogP contribution in [0.25, 0.3) is 0 Å². The van der Waals surface area contributed by atoms with Crippen LogP contribution in [0, 0.1) is 5.82 Å². The van der Waals surface area contributed by atoms with Gasteiger partial charge < -0.3 is 5.73 Å². The largest absolute Gasteiger partial charge is 0.398 e. The van der Waals surface area contributed by atoms with Crippen molar-refractivity contribution in [2.75, 3.05) is 5.73 Å². The number of halogens is 1. The third kappa shape index (κ3) is 2.80. The fraction of sp³-hybridized carbons (Fsp3) is 0.200. The Morgan fingerprint density at radius 3 is 2.69 bits per heavy atom. The fourth-order valence-electron chi connectivity index (χ4n) is 1.12. The maximum absolute atomic E-state index is 12.8. The molecule has 0 saturated heterocycles. The Morgan fingerprint density at radius 2 is 2.19 bits per heavy atom. The first-order valence-electron chi connectivity index (χ1n) is 4.56. The van der Waals surface area contributed by atoms with Gasteiger partial charge in [0.1, 0.15) is 10.7 Å². The zero-order chi connectivity index (χ0) is 12.3. The van der Waals surface area contributed by atoms with E-state index in [9.17, 15) is 12.8 Å². The summed E-state index contributed by atoms with van der Waals surface area (Å²) in [5.41, 5.74) is 5.32. The van der Waals surface area contributed by atoms with Gasteiger partial charge in [0.25, 0.3) is 0 Å². The molecule has 6 heteroatoms. The summed E-state index contributed by atoms with van der Waals surface area (Å²) in [6.45, 7) is 5.09. The van der Waals surface area contributed by atoms with Crippen molar-refractivity contribution in [1.82, 2.24) is 4.72 Å². The second-order valence-electron chi connectivity index (χ2n) is 3.33. The fourth-order valence-corrected chi connectivity index (χ4v) is 2.45. The van der Waals surface area contributed by atoms with Crippen molar-refractivity contribution >= 4 is 15.7 Å². The second kappa shape index (κ2) is 4.63. The molecule has 0 amide bonds. The number of anilines is 1. The number of rotatable bonds is 4. The van der Waals surface area contributed by atoms with E-state index in [1.165, 1.54) is 6.08 Å². The standard InChI is InChI=1S/C10H13FN2O2S/c1-3-7(2)13-16(14,15)10-5-4-8(11)6-9(10)12/h3-7,13H,1,12H2,2H3. The van der Waals surface area contributed by atoms with E-state index in [1.54, 1.807) is 6.92 Å². The van der Waals surface area contributed by atoms with Crippen molar-refractivity contribution in [1.29, 1.82) is 0 Å². The van der Waals surface area contributed by atoms with E-state index in [0.717, 1.165) is 18.2 Å². The highest BCUT2D eigenvalue weighted by Crippen LogP contribution is 2.19. The van der Waals surface area contributed by atoms with Crippen molar-refractivity contribution < 1.29 is 12.8 Å². The zero-order valence-electron chi connectivity index (χ0n) is 8.77. The molecule has 16 heavy (non-hydrogen) atoms. The van der Waals surface area contributed by atoms with E-state index in [-0.39, 0.29) is 10.6 Å². The van der Waals surface area contributed by atoms with Crippen LogP contribution in [-0.4, -0.2) is 14.5 Å². The van der Waals surface area contributed by atoms with Gasteiger partial charge in [-0.15, -0.1) is 6.58 Å². The topological polar surface area (TPSA) is 72.2 Å². The van der Waals surface area contributed by atoms with Crippen LogP contribution in [-0.2, 0) is 10.0 Å². The Labute approximate surface area is 94.0 Å². The molecule has 0 aliphatic heterocycles. The lowest BCUT2D eigenvalue weighted by molar-refractivity contribution is 0.576. The number of benzene rings is 1. The minimum Gasteiger partial charge on any atom is -0.398 e. The first kappa shape index (κ1) is 12.7. The van der Waals surface area contributed by atoms with Crippen molar-refractivity contribution in [2.45, 2.75) is 17.9 Å². The van der Waals surface area contributed by atoms with Gasteiger partial charge in [0.2, 0.25) is 10.0 Å². The van der Waals surface area contributed by atoms with E-state index in [0.29, 0.717) is 0 Å². The van der Waals surface area contributed by atoms with E-state index in [4.69, 9.17) is 5.73 Å². The van der Waals surface area contributed by atoms with Crippen LogP contribution < -0.4 is 10.5 Å². The molecule has 0 aliphatic rings. The van der Waals surface area contributed by atoms with Crippen LogP contribution in [0.2, 0.25) is 0 Å². The van der Waals surface area contributed by atoms with Gasteiger partial charge in [-0.05, 0) is 25.1 Å². The maximum Gasteiger partial charge on any atom is 0.243 e. The third-order valence-electron chi connectivity index (χ3n) is 1.96. The average molecular weight is 244 g/mol. The molecule has 1 unspecified atom stereocenters. The van der Waals surface area contributed by atoms with Gasteiger partial charge in [-0.25, -0.2) is 17.5 Å². The molecule has 0 saturated carbocycles. The predicted molar refractivity (Wildman–Crippen MR) is 60.8 cm³/mol. The van der Waals surface area contributed by atoms with Crippen LogP contribution in [0.1, 0.15) is 6.92 Å². The number of sulfonamides is 1. The Kier molecular flexibility index (Phi) is 3.66. The van der Waals surface area contributed by atoms with Gasteiger partial charge in [0.15, 0.2) is 0 Å². The van der Waals surface area contributed by atoms with Crippen LogP contribution in [0.4, 0.5) is 10.1 Å². The van der Waals surface area contributed by atoms with Crippen molar-refractivity contribution in [2.24, 2.45) is 0 Å². The third-order valence-corrected chi connectivity index (χ3v) is 3.59. The van der Waals surface area contributed by atoms with Gasteiger partial charge in [-0.2, -0.15) is 0 Å². The van der Waals surface area contributed by atoms with Gasteiger partial charge in [0.05, 0.1) is 5.69 Å². The Morgan fingerprint density at radius 1 is 1.56 bits per heavy atom. The molecule has 3 N–H and O–H groups in total. The molecule has 1 aromatic carbocycles. The molecule has 88 valence electrons. The summed E-state index contributed by atoms with van der Waals surface area (Å²) < 4.78 is 38.6. The number of hydrogen-bond acceptors (Lipinski definition) is 3. The van der Waals surface area contributed by atoms with Crippen molar-refractivity contribution in [3.63, 3.8) is 0 Å². The lowest BCUT2D eigenvalue weighted by Crippen LogP contribution is -2.31. The molecule has 0 bridgehead atoms. The first-order chi connectivity index (χ1) is 7.36. The SMILES string of the molecule is C=CC(C)NS(=O)(=O)c1ccc(F)cc1N. The molecule has 0 heterocycles. The summed E-state index contributed by atoms with van der Waals surface area (Å²) in [5, 5.41) is 0. The molecule has 1 aromatic rings. The highest BCUT2D eigenvalue weighted by atomic mass is 32.2. The van der Waals surface area contributed by atoms with Gasteiger partial charge in [-0.3, -0.25) is 0 Å². The summed E-state index contributed by atoms with van der Waals surface area (Å²) in [5.74, 6) is -0.576. The highest BCUT2D eigenvalue weighted by molar-refractivity contribution is 7.89. The van der Waals surface area contributed by atoms with E-state index in [2.05, 4.69) is 11.3 Å². The summed E-state index contributed by atoms with van der Waals surface area (Å²) in [6, 6.07) is 2.72. The molecular weight excluding hydrogens is 231 g/mol. The molecule has 0 aromatic heterocycles. The summed E-state index contributed by atoms with van der Waals surface area (Å²) >= 11 is 0. The van der Waals surface area contributed by atoms with Crippen LogP contribution in [0.3, 0.4) is 0 Å². The van der Waals surface area contributed by atoms with E-state index >= 15 is 0 Å². The monoisotopic (exact) mass is 244 g/mol. The number of nitrogens with one attached hydrogen (secondary N) is 1. The van der Waals surface area contributed by atoms with Crippen LogP contribution in [0.5, 0.6) is 0 Å². The number of nitrogen functional groups attached to an aromatic ring is 1. The highest BCUT2D eigenvalue weighted by Gasteiger charge is 2.18. The number of nitrogens with two attached hydrogens (primary N) is 1. The second-order valence-corrected chi connectivity index (χ2v) is 5.01. The van der Waals surface area contributed by atoms with E-state index in [1.807, 2.05) is 0 Å². The maximum atomic E-state index is 12.8. The van der Waals surface area contributed by atoms with Crippen LogP contribution >= 0.6 is 0 Å².